The van der Waals surface area contributed by atoms with Gasteiger partial charge >= 0.3 is 6.18 Å². The van der Waals surface area contributed by atoms with E-state index in [-0.39, 0.29) is 12.2 Å². The molecule has 2 amide bonds. The number of rotatable bonds is 4. The van der Waals surface area contributed by atoms with Gasteiger partial charge < -0.3 is 5.32 Å². The summed E-state index contributed by atoms with van der Waals surface area (Å²) in [5.74, 6) is -1.71. The minimum atomic E-state index is -4.66. The molecular formula is C23H16F4N4O2. The summed E-state index contributed by atoms with van der Waals surface area (Å²) in [6.45, 7) is -0.568. The van der Waals surface area contributed by atoms with Crippen LogP contribution in [-0.2, 0) is 15.8 Å². The van der Waals surface area contributed by atoms with Gasteiger partial charge in [-0.15, -0.1) is 0 Å². The first-order valence-corrected chi connectivity index (χ1v) is 9.77. The molecule has 0 saturated heterocycles. The normalized spacial score (nSPS) is 13.8. The Morgan fingerprint density at radius 1 is 1.03 bits per heavy atom. The molecule has 0 spiro atoms. The number of aromatic nitrogens is 1. The molecule has 33 heavy (non-hydrogen) atoms. The van der Waals surface area contributed by atoms with Gasteiger partial charge in [-0.2, -0.15) is 13.2 Å². The highest BCUT2D eigenvalue weighted by Crippen LogP contribution is 2.35. The lowest BCUT2D eigenvalue weighted by Gasteiger charge is -2.21. The summed E-state index contributed by atoms with van der Waals surface area (Å²) in [5.41, 5.74) is -0.251. The average Bonchev–Trinajstić information content (AvgIpc) is 2.90. The third-order valence-electron chi connectivity index (χ3n) is 4.88. The minimum Gasteiger partial charge on any atom is -0.324 e. The van der Waals surface area contributed by atoms with Crippen LogP contribution >= 0.6 is 0 Å². The largest absolute Gasteiger partial charge is 0.418 e. The number of benzene rings is 2. The van der Waals surface area contributed by atoms with Crippen molar-refractivity contribution in [1.82, 2.24) is 4.98 Å². The first-order chi connectivity index (χ1) is 15.7. The number of pyridine rings is 1. The van der Waals surface area contributed by atoms with Crippen LogP contribution in [0.15, 0.2) is 71.9 Å². The van der Waals surface area contributed by atoms with E-state index in [1.165, 1.54) is 42.6 Å². The Morgan fingerprint density at radius 3 is 2.48 bits per heavy atom. The molecule has 10 heteroatoms. The zero-order valence-corrected chi connectivity index (χ0v) is 16.9. The third-order valence-corrected chi connectivity index (χ3v) is 4.88. The SMILES string of the molecule is O=C(CN1C(=O)CC(c2ccc(F)cc2)=Nc2cccnc21)Nc1ccccc1C(F)(F)F. The molecule has 1 aromatic heterocycles. The number of hydrogen-bond donors (Lipinski definition) is 1. The van der Waals surface area contributed by atoms with Crippen LogP contribution in [0.4, 0.5) is 34.8 Å². The van der Waals surface area contributed by atoms with Crippen molar-refractivity contribution in [3.05, 3.63) is 83.8 Å². The van der Waals surface area contributed by atoms with E-state index < -0.39 is 41.6 Å². The molecule has 4 rings (SSSR count). The molecule has 0 fully saturated rings. The lowest BCUT2D eigenvalue weighted by molar-refractivity contribution is -0.137. The van der Waals surface area contributed by atoms with Crippen molar-refractivity contribution in [2.24, 2.45) is 4.99 Å². The number of para-hydroxylation sites is 1. The second-order valence-corrected chi connectivity index (χ2v) is 7.16. The van der Waals surface area contributed by atoms with Gasteiger partial charge in [0.1, 0.15) is 18.0 Å². The number of carbonyl (C=O) groups excluding carboxylic acids is 2. The third kappa shape index (κ3) is 4.89. The van der Waals surface area contributed by atoms with Crippen molar-refractivity contribution < 1.29 is 27.2 Å². The molecule has 1 aliphatic heterocycles. The van der Waals surface area contributed by atoms with Gasteiger partial charge in [0.05, 0.1) is 23.4 Å². The number of aliphatic imine (C=N–C) groups is 1. The van der Waals surface area contributed by atoms with Crippen LogP contribution < -0.4 is 10.2 Å². The van der Waals surface area contributed by atoms with E-state index >= 15 is 0 Å². The molecule has 2 aromatic carbocycles. The Bertz CT molecular complexity index is 1240. The summed E-state index contributed by atoms with van der Waals surface area (Å²) in [5, 5.41) is 2.23. The number of anilines is 2. The number of halogens is 4. The molecule has 0 unspecified atom stereocenters. The lowest BCUT2D eigenvalue weighted by Crippen LogP contribution is -2.39. The van der Waals surface area contributed by atoms with Gasteiger partial charge in [-0.1, -0.05) is 24.3 Å². The number of amides is 2. The Labute approximate surface area is 185 Å². The van der Waals surface area contributed by atoms with Gasteiger partial charge in [0.2, 0.25) is 11.8 Å². The first kappa shape index (κ1) is 22.1. The molecular weight excluding hydrogens is 440 g/mol. The fraction of sp³-hybridized carbons (Fsp3) is 0.130. The summed E-state index contributed by atoms with van der Waals surface area (Å²) in [6.07, 6.45) is -3.46. The predicted molar refractivity (Wildman–Crippen MR) is 114 cm³/mol. The van der Waals surface area contributed by atoms with E-state index in [4.69, 9.17) is 0 Å². The van der Waals surface area contributed by atoms with Crippen LogP contribution in [0.2, 0.25) is 0 Å². The molecule has 0 aliphatic carbocycles. The first-order valence-electron chi connectivity index (χ1n) is 9.77. The molecule has 6 nitrogen and oxygen atoms in total. The van der Waals surface area contributed by atoms with Crippen molar-refractivity contribution in [1.29, 1.82) is 0 Å². The number of alkyl halides is 3. The van der Waals surface area contributed by atoms with Crippen molar-refractivity contribution in [3.8, 4) is 0 Å². The zero-order chi connectivity index (χ0) is 23.6. The van der Waals surface area contributed by atoms with Crippen LogP contribution in [0.1, 0.15) is 17.5 Å². The molecule has 1 aliphatic rings. The molecule has 2 heterocycles. The number of nitrogens with zero attached hydrogens (tertiary/aromatic N) is 3. The predicted octanol–water partition coefficient (Wildman–Crippen LogP) is 4.74. The molecule has 0 atom stereocenters. The molecule has 0 radical (unpaired) electrons. The van der Waals surface area contributed by atoms with E-state index in [9.17, 15) is 27.2 Å². The minimum absolute atomic E-state index is 0.0962. The second kappa shape index (κ2) is 8.81. The highest BCUT2D eigenvalue weighted by atomic mass is 19.4. The molecule has 3 aromatic rings. The quantitative estimate of drug-likeness (QED) is 0.577. The number of carbonyl (C=O) groups is 2. The maximum atomic E-state index is 13.3. The molecule has 0 bridgehead atoms. The van der Waals surface area contributed by atoms with Crippen LogP contribution in [0.25, 0.3) is 0 Å². The fourth-order valence-corrected chi connectivity index (χ4v) is 3.37. The Kier molecular flexibility index (Phi) is 5.91. The lowest BCUT2D eigenvalue weighted by atomic mass is 10.1. The van der Waals surface area contributed by atoms with Crippen molar-refractivity contribution in [2.45, 2.75) is 12.6 Å². The second-order valence-electron chi connectivity index (χ2n) is 7.16. The average molecular weight is 456 g/mol. The van der Waals surface area contributed by atoms with E-state index in [2.05, 4.69) is 15.3 Å². The summed E-state index contributed by atoms with van der Waals surface area (Å²) >= 11 is 0. The Hall–Kier alpha value is -4.08. The fourth-order valence-electron chi connectivity index (χ4n) is 3.37. The summed E-state index contributed by atoms with van der Waals surface area (Å²) in [7, 11) is 0. The Balaban J connectivity index is 1.61. The van der Waals surface area contributed by atoms with Crippen molar-refractivity contribution in [3.63, 3.8) is 0 Å². The van der Waals surface area contributed by atoms with E-state index in [1.807, 2.05) is 0 Å². The van der Waals surface area contributed by atoms with Crippen LogP contribution in [0.5, 0.6) is 0 Å². The van der Waals surface area contributed by atoms with Gasteiger partial charge in [0, 0.05) is 6.20 Å². The van der Waals surface area contributed by atoms with Crippen LogP contribution in [0, 0.1) is 5.82 Å². The molecule has 168 valence electrons. The van der Waals surface area contributed by atoms with Gasteiger partial charge in [-0.05, 0) is 42.0 Å². The Morgan fingerprint density at radius 2 is 1.76 bits per heavy atom. The number of nitrogens with one attached hydrogen (secondary N) is 1. The van der Waals surface area contributed by atoms with E-state index in [1.54, 1.807) is 12.1 Å². The summed E-state index contributed by atoms with van der Waals surface area (Å²) in [6, 6.07) is 13.2. The van der Waals surface area contributed by atoms with Gasteiger partial charge in [-0.25, -0.2) is 14.4 Å². The topological polar surface area (TPSA) is 74.7 Å². The van der Waals surface area contributed by atoms with Gasteiger partial charge in [-0.3, -0.25) is 14.5 Å². The maximum absolute atomic E-state index is 13.3. The van der Waals surface area contributed by atoms with Crippen molar-refractivity contribution in [2.75, 3.05) is 16.8 Å². The van der Waals surface area contributed by atoms with Gasteiger partial charge in [0.15, 0.2) is 5.82 Å². The zero-order valence-electron chi connectivity index (χ0n) is 16.9. The monoisotopic (exact) mass is 456 g/mol. The standard InChI is InChI=1S/C23H16F4N4O2/c24-15-9-7-14(8-10-15)19-12-21(33)31(22-18(29-19)6-3-11-28-22)13-20(32)30-17-5-2-1-4-16(17)23(25,26)27/h1-11H,12-13H2,(H,30,32). The van der Waals surface area contributed by atoms with Crippen LogP contribution in [0.3, 0.4) is 0 Å². The van der Waals surface area contributed by atoms with E-state index in [0.29, 0.717) is 17.0 Å². The number of fused-ring (bicyclic) bond motifs is 1. The highest BCUT2D eigenvalue weighted by Gasteiger charge is 2.34. The molecule has 1 N–H and O–H groups in total. The van der Waals surface area contributed by atoms with E-state index in [0.717, 1.165) is 17.0 Å². The smallest absolute Gasteiger partial charge is 0.324 e. The molecule has 0 saturated carbocycles. The van der Waals surface area contributed by atoms with Gasteiger partial charge in [0.25, 0.3) is 0 Å². The summed E-state index contributed by atoms with van der Waals surface area (Å²) < 4.78 is 53.0. The number of hydrogen-bond acceptors (Lipinski definition) is 4. The summed E-state index contributed by atoms with van der Waals surface area (Å²) in [4.78, 5) is 35.3. The van der Waals surface area contributed by atoms with Crippen LogP contribution in [-0.4, -0.2) is 29.1 Å². The maximum Gasteiger partial charge on any atom is 0.418 e. The highest BCUT2D eigenvalue weighted by molar-refractivity contribution is 6.18. The van der Waals surface area contributed by atoms with Crippen molar-refractivity contribution >= 4 is 34.7 Å².